The molecule has 2 aromatic carbocycles. The fraction of sp³-hybridized carbons (Fsp3) is 0.300. The molecule has 0 spiro atoms. The van der Waals surface area contributed by atoms with E-state index >= 15 is 0 Å². The van der Waals surface area contributed by atoms with E-state index in [0.29, 0.717) is 23.7 Å². The highest BCUT2D eigenvalue weighted by Crippen LogP contribution is 2.38. The van der Waals surface area contributed by atoms with Crippen LogP contribution in [0.15, 0.2) is 36.4 Å². The lowest BCUT2D eigenvalue weighted by Gasteiger charge is -2.14. The van der Waals surface area contributed by atoms with E-state index in [1.807, 2.05) is 24.3 Å². The Hall–Kier alpha value is -3.42. The lowest BCUT2D eigenvalue weighted by Crippen LogP contribution is -2.41. The summed E-state index contributed by atoms with van der Waals surface area (Å²) in [5, 5.41) is 0. The van der Waals surface area contributed by atoms with E-state index in [4.69, 9.17) is 18.9 Å². The van der Waals surface area contributed by atoms with Crippen LogP contribution in [0.3, 0.4) is 0 Å². The standard InChI is InChI=1S/C20H24N2O6/c1-25-15-8-6-5-7-13(15)9-10-18(23)21-22-20(24)14-11-16(26-2)19(28-4)17(12-14)27-3/h5-8,11-12H,9-10H2,1-4H3,(H,21,23)(H,22,24). The number of hydrogen-bond acceptors (Lipinski definition) is 6. The average molecular weight is 388 g/mol. The minimum atomic E-state index is -0.509. The molecular formula is C20H24N2O6. The molecule has 0 unspecified atom stereocenters. The number of benzene rings is 2. The highest BCUT2D eigenvalue weighted by atomic mass is 16.5. The second-order valence-corrected chi connectivity index (χ2v) is 5.73. The molecule has 2 N–H and O–H groups in total. The van der Waals surface area contributed by atoms with Crippen molar-refractivity contribution in [3.8, 4) is 23.0 Å². The van der Waals surface area contributed by atoms with Gasteiger partial charge in [-0.2, -0.15) is 0 Å². The third-order valence-electron chi connectivity index (χ3n) is 4.06. The van der Waals surface area contributed by atoms with Crippen LogP contribution in [0.5, 0.6) is 23.0 Å². The Morgan fingerprint density at radius 1 is 0.821 bits per heavy atom. The maximum atomic E-state index is 12.4. The zero-order valence-corrected chi connectivity index (χ0v) is 16.3. The topological polar surface area (TPSA) is 95.1 Å². The Morgan fingerprint density at radius 2 is 1.43 bits per heavy atom. The van der Waals surface area contributed by atoms with Crippen molar-refractivity contribution >= 4 is 11.8 Å². The highest BCUT2D eigenvalue weighted by molar-refractivity contribution is 5.96. The van der Waals surface area contributed by atoms with Crippen LogP contribution in [0, 0.1) is 0 Å². The number of hydrogen-bond donors (Lipinski definition) is 2. The molecule has 0 aromatic heterocycles. The maximum Gasteiger partial charge on any atom is 0.269 e. The van der Waals surface area contributed by atoms with Gasteiger partial charge in [0.15, 0.2) is 11.5 Å². The van der Waals surface area contributed by atoms with Crippen molar-refractivity contribution in [3.63, 3.8) is 0 Å². The van der Waals surface area contributed by atoms with Gasteiger partial charge in [0.1, 0.15) is 5.75 Å². The summed E-state index contributed by atoms with van der Waals surface area (Å²) in [5.74, 6) is 0.944. The van der Waals surface area contributed by atoms with Crippen molar-refractivity contribution in [2.24, 2.45) is 0 Å². The Morgan fingerprint density at radius 3 is 2.00 bits per heavy atom. The molecular weight excluding hydrogens is 364 g/mol. The van der Waals surface area contributed by atoms with Crippen LogP contribution >= 0.6 is 0 Å². The van der Waals surface area contributed by atoms with Crippen molar-refractivity contribution in [1.29, 1.82) is 0 Å². The number of para-hydroxylation sites is 1. The third-order valence-corrected chi connectivity index (χ3v) is 4.06. The lowest BCUT2D eigenvalue weighted by molar-refractivity contribution is -0.121. The first-order valence-corrected chi connectivity index (χ1v) is 8.55. The molecule has 2 amide bonds. The molecule has 0 aliphatic carbocycles. The zero-order chi connectivity index (χ0) is 20.5. The monoisotopic (exact) mass is 388 g/mol. The Bertz CT molecular complexity index is 812. The summed E-state index contributed by atoms with van der Waals surface area (Å²) in [6.07, 6.45) is 0.672. The van der Waals surface area contributed by atoms with E-state index in [-0.39, 0.29) is 17.9 Å². The molecule has 8 heteroatoms. The van der Waals surface area contributed by atoms with Gasteiger partial charge in [0.25, 0.3) is 5.91 Å². The average Bonchev–Trinajstić information content (AvgIpc) is 2.74. The third kappa shape index (κ3) is 5.06. The van der Waals surface area contributed by atoms with Crippen molar-refractivity contribution in [1.82, 2.24) is 10.9 Å². The minimum Gasteiger partial charge on any atom is -0.496 e. The molecule has 8 nitrogen and oxygen atoms in total. The van der Waals surface area contributed by atoms with Crippen LogP contribution in [-0.2, 0) is 11.2 Å². The first-order valence-electron chi connectivity index (χ1n) is 8.55. The number of aryl methyl sites for hydroxylation is 1. The van der Waals surface area contributed by atoms with Gasteiger partial charge in [0.2, 0.25) is 11.7 Å². The largest absolute Gasteiger partial charge is 0.496 e. The first kappa shape index (κ1) is 20.9. The van der Waals surface area contributed by atoms with E-state index in [0.717, 1.165) is 11.3 Å². The van der Waals surface area contributed by atoms with E-state index in [9.17, 15) is 9.59 Å². The summed E-state index contributed by atoms with van der Waals surface area (Å²) in [7, 11) is 5.97. The van der Waals surface area contributed by atoms with Gasteiger partial charge in [-0.1, -0.05) is 18.2 Å². The van der Waals surface area contributed by atoms with Gasteiger partial charge < -0.3 is 18.9 Å². The van der Waals surface area contributed by atoms with Crippen molar-refractivity contribution in [3.05, 3.63) is 47.5 Å². The molecule has 0 atom stereocenters. The van der Waals surface area contributed by atoms with Crippen LogP contribution in [-0.4, -0.2) is 40.3 Å². The first-order chi connectivity index (χ1) is 13.5. The predicted octanol–water partition coefficient (Wildman–Crippen LogP) is 2.11. The summed E-state index contributed by atoms with van der Waals surface area (Å²) >= 11 is 0. The van der Waals surface area contributed by atoms with E-state index in [2.05, 4.69) is 10.9 Å². The Labute approximate surface area is 163 Å². The molecule has 0 heterocycles. The van der Waals surface area contributed by atoms with Crippen molar-refractivity contribution in [2.75, 3.05) is 28.4 Å². The van der Waals surface area contributed by atoms with Gasteiger partial charge >= 0.3 is 0 Å². The van der Waals surface area contributed by atoms with Crippen molar-refractivity contribution in [2.45, 2.75) is 12.8 Å². The summed E-state index contributed by atoms with van der Waals surface area (Å²) < 4.78 is 20.9. The number of carbonyl (C=O) groups is 2. The molecule has 0 saturated heterocycles. The minimum absolute atomic E-state index is 0.190. The summed E-state index contributed by atoms with van der Waals surface area (Å²) in [6.45, 7) is 0. The molecule has 2 rings (SSSR count). The number of rotatable bonds is 8. The van der Waals surface area contributed by atoms with Crippen LogP contribution in [0.25, 0.3) is 0 Å². The molecule has 2 aromatic rings. The van der Waals surface area contributed by atoms with Crippen LogP contribution in [0.4, 0.5) is 0 Å². The fourth-order valence-corrected chi connectivity index (χ4v) is 2.63. The van der Waals surface area contributed by atoms with Gasteiger partial charge in [0, 0.05) is 12.0 Å². The van der Waals surface area contributed by atoms with E-state index in [1.165, 1.54) is 33.5 Å². The molecule has 0 aliphatic heterocycles. The maximum absolute atomic E-state index is 12.4. The fourth-order valence-electron chi connectivity index (χ4n) is 2.63. The normalized spacial score (nSPS) is 10.0. The second-order valence-electron chi connectivity index (χ2n) is 5.73. The summed E-state index contributed by atoms with van der Waals surface area (Å²) in [4.78, 5) is 24.4. The van der Waals surface area contributed by atoms with Crippen LogP contribution in [0.2, 0.25) is 0 Å². The quantitative estimate of drug-likeness (QED) is 0.673. The van der Waals surface area contributed by atoms with Gasteiger partial charge in [0.05, 0.1) is 28.4 Å². The molecule has 0 radical (unpaired) electrons. The number of nitrogens with one attached hydrogen (secondary N) is 2. The summed E-state index contributed by atoms with van der Waals surface area (Å²) in [6, 6.07) is 10.5. The molecule has 0 bridgehead atoms. The number of hydrazine groups is 1. The highest BCUT2D eigenvalue weighted by Gasteiger charge is 2.17. The molecule has 28 heavy (non-hydrogen) atoms. The molecule has 0 aliphatic rings. The van der Waals surface area contributed by atoms with E-state index in [1.54, 1.807) is 7.11 Å². The summed E-state index contributed by atoms with van der Waals surface area (Å²) in [5.41, 5.74) is 5.94. The smallest absolute Gasteiger partial charge is 0.269 e. The van der Waals surface area contributed by atoms with E-state index < -0.39 is 5.91 Å². The Kier molecular flexibility index (Phi) is 7.50. The molecule has 0 fully saturated rings. The lowest BCUT2D eigenvalue weighted by atomic mass is 10.1. The number of ether oxygens (including phenoxy) is 4. The number of amides is 2. The zero-order valence-electron chi connectivity index (χ0n) is 16.3. The van der Waals surface area contributed by atoms with Gasteiger partial charge in [-0.3, -0.25) is 20.4 Å². The van der Waals surface area contributed by atoms with Crippen molar-refractivity contribution < 1.29 is 28.5 Å². The van der Waals surface area contributed by atoms with Crippen LogP contribution in [0.1, 0.15) is 22.3 Å². The predicted molar refractivity (Wildman–Crippen MR) is 103 cm³/mol. The van der Waals surface area contributed by atoms with Crippen LogP contribution < -0.4 is 29.8 Å². The SMILES string of the molecule is COc1ccccc1CCC(=O)NNC(=O)c1cc(OC)c(OC)c(OC)c1. The molecule has 150 valence electrons. The number of methoxy groups -OCH3 is 4. The second kappa shape index (κ2) is 10.1. The Balaban J connectivity index is 1.97. The van der Waals surface area contributed by atoms with Gasteiger partial charge in [-0.05, 0) is 30.2 Å². The molecule has 0 saturated carbocycles. The number of carbonyl (C=O) groups excluding carboxylic acids is 2. The van der Waals surface area contributed by atoms with Gasteiger partial charge in [-0.25, -0.2) is 0 Å². The van der Waals surface area contributed by atoms with Gasteiger partial charge in [-0.15, -0.1) is 0 Å².